The molecule has 1 aliphatic rings. The number of carbonyl (C=O) groups excluding carboxylic acids is 1. The van der Waals surface area contributed by atoms with Crippen molar-refractivity contribution in [3.05, 3.63) is 49.8 Å². The molecular weight excluding hydrogens is 393 g/mol. The van der Waals surface area contributed by atoms with E-state index < -0.39 is 29.0 Å². The largest absolute Gasteiger partial charge is 0.431 e. The number of fused-ring (bicyclic) bond motifs is 1. The van der Waals surface area contributed by atoms with E-state index in [1.807, 2.05) is 0 Å². The van der Waals surface area contributed by atoms with Gasteiger partial charge in [-0.2, -0.15) is 18.2 Å². The summed E-state index contributed by atoms with van der Waals surface area (Å²) >= 11 is 6.13. The van der Waals surface area contributed by atoms with Crippen LogP contribution in [0.4, 0.5) is 24.5 Å². The number of hydroxylamine groups is 1. The quantitative estimate of drug-likeness (QED) is 0.820. The van der Waals surface area contributed by atoms with Gasteiger partial charge in [-0.1, -0.05) is 11.6 Å². The second-order valence-corrected chi connectivity index (χ2v) is 5.99. The van der Waals surface area contributed by atoms with Crippen molar-refractivity contribution in [2.24, 2.45) is 7.05 Å². The number of amides is 1. The average Bonchev–Trinajstić information content (AvgIpc) is 2.58. The number of aromatic nitrogens is 2. The number of anilines is 2. The van der Waals surface area contributed by atoms with Gasteiger partial charge in [-0.25, -0.2) is 9.36 Å². The molecule has 1 aromatic heterocycles. The molecule has 0 atom stereocenters. The van der Waals surface area contributed by atoms with E-state index in [9.17, 15) is 27.6 Å². The molecule has 0 fully saturated rings. The fourth-order valence-electron chi connectivity index (χ4n) is 2.73. The molecule has 0 bridgehead atoms. The van der Waals surface area contributed by atoms with Crippen molar-refractivity contribution >= 4 is 28.9 Å². The van der Waals surface area contributed by atoms with Gasteiger partial charge in [0.25, 0.3) is 11.5 Å². The molecule has 2 aromatic rings. The van der Waals surface area contributed by atoms with Gasteiger partial charge in [-0.15, -0.1) is 0 Å². The van der Waals surface area contributed by atoms with Crippen molar-refractivity contribution in [3.63, 3.8) is 0 Å². The van der Waals surface area contributed by atoms with Crippen molar-refractivity contribution in [3.8, 4) is 5.69 Å². The van der Waals surface area contributed by atoms with Crippen LogP contribution in [0.2, 0.25) is 5.02 Å². The highest BCUT2D eigenvalue weighted by Gasteiger charge is 2.35. The smallest absolute Gasteiger partial charge is 0.374 e. The number of rotatable bonds is 2. The van der Waals surface area contributed by atoms with Gasteiger partial charge in [0.15, 0.2) is 0 Å². The molecule has 0 radical (unpaired) electrons. The second kappa shape index (κ2) is 6.43. The summed E-state index contributed by atoms with van der Waals surface area (Å²) in [6, 6.07) is 2.85. The Morgan fingerprint density at radius 1 is 1.15 bits per heavy atom. The fraction of sp³-hybridized carbons (Fsp3) is 0.267. The molecule has 0 saturated carbocycles. The predicted octanol–water partition coefficient (Wildman–Crippen LogP) is 1.53. The van der Waals surface area contributed by atoms with Crippen LogP contribution in [-0.2, 0) is 22.9 Å². The highest BCUT2D eigenvalue weighted by Crippen LogP contribution is 2.36. The molecule has 12 heteroatoms. The van der Waals surface area contributed by atoms with E-state index in [-0.39, 0.29) is 22.9 Å². The maximum Gasteiger partial charge on any atom is 0.431 e. The van der Waals surface area contributed by atoms with Crippen LogP contribution in [0, 0.1) is 0 Å². The van der Waals surface area contributed by atoms with E-state index >= 15 is 0 Å². The number of benzene rings is 1. The van der Waals surface area contributed by atoms with Crippen molar-refractivity contribution in [1.29, 1.82) is 0 Å². The van der Waals surface area contributed by atoms with Gasteiger partial charge in [0.05, 0.1) is 35.7 Å². The number of halogens is 4. The zero-order valence-corrected chi connectivity index (χ0v) is 14.7. The summed E-state index contributed by atoms with van der Waals surface area (Å²) in [5.41, 5.74) is -3.49. The third-order valence-electron chi connectivity index (χ3n) is 3.97. The Bertz CT molecular complexity index is 1060. The maximum atomic E-state index is 13.0. The molecule has 0 unspecified atom stereocenters. The monoisotopic (exact) mass is 404 g/mol. The predicted molar refractivity (Wildman–Crippen MR) is 90.3 cm³/mol. The van der Waals surface area contributed by atoms with Crippen molar-refractivity contribution < 1.29 is 22.8 Å². The van der Waals surface area contributed by atoms with E-state index in [2.05, 4.69) is 5.32 Å². The van der Waals surface area contributed by atoms with Crippen LogP contribution in [-0.4, -0.2) is 28.7 Å². The first-order valence-corrected chi connectivity index (χ1v) is 7.79. The number of hydrogen-bond donors (Lipinski definition) is 1. The Balaban J connectivity index is 2.29. The summed E-state index contributed by atoms with van der Waals surface area (Å²) in [5, 5.41) is 3.63. The highest BCUT2D eigenvalue weighted by atomic mass is 35.5. The van der Waals surface area contributed by atoms with E-state index in [0.29, 0.717) is 20.9 Å². The topological polar surface area (TPSA) is 85.6 Å². The van der Waals surface area contributed by atoms with Crippen LogP contribution in [0.1, 0.15) is 5.69 Å². The van der Waals surface area contributed by atoms with Gasteiger partial charge in [0.2, 0.25) is 0 Å². The Kier molecular flexibility index (Phi) is 4.52. The summed E-state index contributed by atoms with van der Waals surface area (Å²) in [7, 11) is 2.13. The average molecular weight is 405 g/mol. The van der Waals surface area contributed by atoms with E-state index in [4.69, 9.17) is 16.4 Å². The van der Waals surface area contributed by atoms with Crippen LogP contribution < -0.4 is 21.6 Å². The van der Waals surface area contributed by atoms with E-state index in [0.717, 1.165) is 12.1 Å². The van der Waals surface area contributed by atoms with Gasteiger partial charge in [-0.3, -0.25) is 19.0 Å². The SMILES string of the molecule is CON1C(=O)CNc2cc(Cl)c(-n3c(=O)cc(C(F)(F)F)n(C)c3=O)cc21. The Morgan fingerprint density at radius 3 is 2.41 bits per heavy atom. The molecule has 144 valence electrons. The number of nitrogens with zero attached hydrogens (tertiary/aromatic N) is 3. The number of nitrogens with one attached hydrogen (secondary N) is 1. The molecule has 0 saturated heterocycles. The van der Waals surface area contributed by atoms with Crippen molar-refractivity contribution in [2.75, 3.05) is 24.0 Å². The van der Waals surface area contributed by atoms with Crippen molar-refractivity contribution in [1.82, 2.24) is 9.13 Å². The second-order valence-electron chi connectivity index (χ2n) is 5.59. The minimum Gasteiger partial charge on any atom is -0.374 e. The standard InChI is InChI=1S/C15H12ClF3N4O4/c1-21-11(15(17,18)19)5-12(24)22(14(21)26)9-4-10-8(3-7(9)16)20-6-13(25)23(10)27-2/h3-5,20H,6H2,1-2H3. The third-order valence-corrected chi connectivity index (χ3v) is 4.28. The first kappa shape index (κ1) is 19.0. The van der Waals surface area contributed by atoms with Gasteiger partial charge in [-0.05, 0) is 12.1 Å². The van der Waals surface area contributed by atoms with Gasteiger partial charge in [0, 0.05) is 13.1 Å². The number of hydrogen-bond acceptors (Lipinski definition) is 5. The molecule has 3 rings (SSSR count). The molecule has 0 spiro atoms. The zero-order chi connectivity index (χ0) is 20.1. The molecule has 1 aromatic carbocycles. The molecule has 27 heavy (non-hydrogen) atoms. The van der Waals surface area contributed by atoms with Crippen LogP contribution in [0.25, 0.3) is 5.69 Å². The zero-order valence-electron chi connectivity index (χ0n) is 13.9. The van der Waals surface area contributed by atoms with E-state index in [1.54, 1.807) is 0 Å². The minimum atomic E-state index is -4.88. The number of alkyl halides is 3. The highest BCUT2D eigenvalue weighted by molar-refractivity contribution is 6.33. The van der Waals surface area contributed by atoms with Crippen LogP contribution in [0.15, 0.2) is 27.8 Å². The molecule has 2 heterocycles. The first-order valence-electron chi connectivity index (χ1n) is 7.41. The fourth-order valence-corrected chi connectivity index (χ4v) is 2.98. The Hall–Kier alpha value is -2.79. The van der Waals surface area contributed by atoms with Crippen LogP contribution in [0.5, 0.6) is 0 Å². The molecule has 1 N–H and O–H groups in total. The summed E-state index contributed by atoms with van der Waals surface area (Å²) in [4.78, 5) is 41.6. The Morgan fingerprint density at radius 2 is 1.81 bits per heavy atom. The molecule has 1 amide bonds. The normalized spacial score (nSPS) is 14.1. The summed E-state index contributed by atoms with van der Waals surface area (Å²) in [6.45, 7) is -0.0709. The van der Waals surface area contributed by atoms with Crippen molar-refractivity contribution in [2.45, 2.75) is 6.18 Å². The first-order chi connectivity index (χ1) is 12.6. The van der Waals surface area contributed by atoms with Gasteiger partial charge in [0.1, 0.15) is 5.69 Å². The van der Waals surface area contributed by atoms with Gasteiger partial charge >= 0.3 is 11.9 Å². The summed E-state index contributed by atoms with van der Waals surface area (Å²) in [5.74, 6) is -0.453. The lowest BCUT2D eigenvalue weighted by Crippen LogP contribution is -2.42. The molecular formula is C15H12ClF3N4O4. The van der Waals surface area contributed by atoms with Gasteiger partial charge < -0.3 is 5.32 Å². The molecule has 0 aliphatic carbocycles. The third kappa shape index (κ3) is 3.08. The minimum absolute atomic E-state index is 0.0709. The van der Waals surface area contributed by atoms with E-state index in [1.165, 1.54) is 19.2 Å². The maximum absolute atomic E-state index is 13.0. The summed E-state index contributed by atoms with van der Waals surface area (Å²) in [6.07, 6.45) is -4.88. The lowest BCUT2D eigenvalue weighted by atomic mass is 10.2. The lowest BCUT2D eigenvalue weighted by molar-refractivity contribution is -0.144. The molecule has 8 nitrogen and oxygen atoms in total. The van der Waals surface area contributed by atoms with Crippen LogP contribution in [0.3, 0.4) is 0 Å². The number of carbonyl (C=O) groups is 1. The molecule has 1 aliphatic heterocycles. The summed E-state index contributed by atoms with van der Waals surface area (Å²) < 4.78 is 39.7. The van der Waals surface area contributed by atoms with Crippen LogP contribution >= 0.6 is 11.6 Å². The Labute approximate surface area is 154 Å². The lowest BCUT2D eigenvalue weighted by Gasteiger charge is -2.28.